The number of benzene rings is 3. The molecule has 0 fully saturated rings. The Morgan fingerprint density at radius 3 is 2.42 bits per heavy atom. The van der Waals surface area contributed by atoms with Crippen LogP contribution in [0.1, 0.15) is 35.6 Å². The molecule has 40 heavy (non-hydrogen) atoms. The third kappa shape index (κ3) is 5.21. The minimum atomic E-state index is -1.21. The fraction of sp³-hybridized carbons (Fsp3) is 0.333. The first-order chi connectivity index (χ1) is 18.9. The van der Waals surface area contributed by atoms with E-state index in [0.29, 0.717) is 46.5 Å². The molecule has 3 aromatic carbocycles. The number of rotatable bonds is 10. The number of carboxylic acids is 1. The smallest absolute Gasteiger partial charge is 0.343 e. The van der Waals surface area contributed by atoms with Crippen LogP contribution in [0.2, 0.25) is 0 Å². The third-order valence-electron chi connectivity index (χ3n) is 7.23. The van der Waals surface area contributed by atoms with Crippen LogP contribution in [0.15, 0.2) is 54.6 Å². The molecule has 10 heteroatoms. The molecule has 0 saturated carbocycles. The van der Waals surface area contributed by atoms with Crippen LogP contribution in [0.4, 0.5) is 0 Å². The number of esters is 1. The van der Waals surface area contributed by atoms with Gasteiger partial charge in [0.1, 0.15) is 17.2 Å². The zero-order valence-electron chi connectivity index (χ0n) is 23.0. The van der Waals surface area contributed by atoms with Gasteiger partial charge in [0, 0.05) is 41.2 Å². The summed E-state index contributed by atoms with van der Waals surface area (Å²) in [5, 5.41) is 10.7. The van der Waals surface area contributed by atoms with Gasteiger partial charge in [0.25, 0.3) is 0 Å². The van der Waals surface area contributed by atoms with Gasteiger partial charge in [-0.1, -0.05) is 25.1 Å². The molecule has 1 radical (unpaired) electrons. The fourth-order valence-electron chi connectivity index (χ4n) is 5.52. The molecule has 9 nitrogen and oxygen atoms in total. The summed E-state index contributed by atoms with van der Waals surface area (Å²) in [6.07, 6.45) is 1.10. The number of hydrogen-bond donors (Lipinski definition) is 1. The van der Waals surface area contributed by atoms with Crippen molar-refractivity contribution in [2.45, 2.75) is 25.2 Å². The van der Waals surface area contributed by atoms with E-state index in [1.807, 2.05) is 37.3 Å². The van der Waals surface area contributed by atoms with E-state index in [9.17, 15) is 14.7 Å². The van der Waals surface area contributed by atoms with Gasteiger partial charge >= 0.3 is 11.9 Å². The Kier molecular flexibility index (Phi) is 9.18. The molecule has 205 valence electrons. The number of methoxy groups -OCH3 is 2. The number of carboxylic acid groups (broad SMARTS) is 1. The molecule has 3 aromatic rings. The SMILES string of the molecule is CCCOc1ccc2c(c1)CC(C(=O)O)C2(c1ccc2c(c1)OCO2)c1ccc(OC)cc1OCC(=O)OC.[Na]. The molecule has 2 aliphatic rings. The second-order valence-corrected chi connectivity index (χ2v) is 9.37. The summed E-state index contributed by atoms with van der Waals surface area (Å²) in [5.41, 5.74) is 1.70. The van der Waals surface area contributed by atoms with Crippen LogP contribution in [0.3, 0.4) is 0 Å². The molecule has 0 amide bonds. The second kappa shape index (κ2) is 12.4. The fourth-order valence-corrected chi connectivity index (χ4v) is 5.52. The Balaban J connectivity index is 0.00000370. The molecule has 5 rings (SSSR count). The van der Waals surface area contributed by atoms with Gasteiger partial charge in [-0.25, -0.2) is 4.79 Å². The van der Waals surface area contributed by atoms with Gasteiger partial charge in [0.05, 0.1) is 32.2 Å². The molecular formula is C30H30NaO9. The first kappa shape index (κ1) is 29.6. The van der Waals surface area contributed by atoms with Gasteiger partial charge in [-0.05, 0) is 59.9 Å². The quantitative estimate of drug-likeness (QED) is 0.292. The third-order valence-corrected chi connectivity index (χ3v) is 7.23. The Morgan fingerprint density at radius 2 is 1.70 bits per heavy atom. The monoisotopic (exact) mass is 557 g/mol. The maximum Gasteiger partial charge on any atom is 0.343 e. The van der Waals surface area contributed by atoms with E-state index in [1.165, 1.54) is 14.2 Å². The summed E-state index contributed by atoms with van der Waals surface area (Å²) in [7, 11) is 2.80. The number of carbonyl (C=O) groups is 2. The molecular weight excluding hydrogens is 527 g/mol. The minimum Gasteiger partial charge on any atom is -0.497 e. The van der Waals surface area contributed by atoms with Crippen molar-refractivity contribution in [3.63, 3.8) is 0 Å². The topological polar surface area (TPSA) is 110 Å². The molecule has 0 saturated heterocycles. The second-order valence-electron chi connectivity index (χ2n) is 9.37. The molecule has 1 N–H and O–H groups in total. The summed E-state index contributed by atoms with van der Waals surface area (Å²) in [6, 6.07) is 16.4. The van der Waals surface area contributed by atoms with Crippen molar-refractivity contribution in [2.24, 2.45) is 5.92 Å². The van der Waals surface area contributed by atoms with Crippen molar-refractivity contribution in [3.8, 4) is 28.7 Å². The van der Waals surface area contributed by atoms with Crippen molar-refractivity contribution < 1.29 is 43.1 Å². The maximum atomic E-state index is 13.0. The van der Waals surface area contributed by atoms with Crippen LogP contribution in [0.25, 0.3) is 0 Å². The average molecular weight is 558 g/mol. The zero-order valence-corrected chi connectivity index (χ0v) is 25.0. The van der Waals surface area contributed by atoms with Gasteiger partial charge in [0.15, 0.2) is 18.1 Å². The van der Waals surface area contributed by atoms with E-state index in [1.54, 1.807) is 24.3 Å². The summed E-state index contributed by atoms with van der Waals surface area (Å²) >= 11 is 0. The van der Waals surface area contributed by atoms with Crippen molar-refractivity contribution in [1.29, 1.82) is 0 Å². The van der Waals surface area contributed by atoms with E-state index in [0.717, 1.165) is 17.5 Å². The molecule has 0 spiro atoms. The number of ether oxygens (including phenoxy) is 6. The Hall–Kier alpha value is -3.40. The minimum absolute atomic E-state index is 0. The predicted molar refractivity (Wildman–Crippen MR) is 146 cm³/mol. The van der Waals surface area contributed by atoms with Crippen LogP contribution in [0.5, 0.6) is 28.7 Å². The van der Waals surface area contributed by atoms with Crippen LogP contribution in [-0.2, 0) is 26.2 Å². The van der Waals surface area contributed by atoms with E-state index < -0.39 is 23.3 Å². The van der Waals surface area contributed by atoms with E-state index >= 15 is 0 Å². The van der Waals surface area contributed by atoms with E-state index in [4.69, 9.17) is 28.4 Å². The summed E-state index contributed by atoms with van der Waals surface area (Å²) in [6.45, 7) is 2.30. The number of aliphatic carboxylic acids is 1. The Morgan fingerprint density at radius 1 is 0.950 bits per heavy atom. The van der Waals surface area contributed by atoms with Crippen molar-refractivity contribution >= 4 is 41.5 Å². The summed E-state index contributed by atoms with van der Waals surface area (Å²) in [5.74, 6) is 0.129. The van der Waals surface area contributed by atoms with Crippen molar-refractivity contribution in [1.82, 2.24) is 0 Å². The molecule has 2 atom stereocenters. The van der Waals surface area contributed by atoms with Gasteiger partial charge in [-0.15, -0.1) is 0 Å². The summed E-state index contributed by atoms with van der Waals surface area (Å²) < 4.78 is 33.3. The predicted octanol–water partition coefficient (Wildman–Crippen LogP) is 3.98. The average Bonchev–Trinajstić information content (AvgIpc) is 3.57. The maximum absolute atomic E-state index is 13.0. The number of fused-ring (bicyclic) bond motifs is 2. The molecule has 1 aliphatic heterocycles. The first-order valence-electron chi connectivity index (χ1n) is 12.7. The summed E-state index contributed by atoms with van der Waals surface area (Å²) in [4.78, 5) is 25.1. The molecule has 1 heterocycles. The van der Waals surface area contributed by atoms with Gasteiger partial charge in [0.2, 0.25) is 6.79 Å². The largest absolute Gasteiger partial charge is 0.497 e. The molecule has 1 aliphatic carbocycles. The normalized spacial score (nSPS) is 18.3. The van der Waals surface area contributed by atoms with Crippen LogP contribution in [-0.4, -0.2) is 80.8 Å². The zero-order chi connectivity index (χ0) is 27.6. The van der Waals surface area contributed by atoms with Crippen LogP contribution >= 0.6 is 0 Å². The number of carbonyl (C=O) groups excluding carboxylic acids is 1. The van der Waals surface area contributed by atoms with Gasteiger partial charge in [-0.3, -0.25) is 4.79 Å². The van der Waals surface area contributed by atoms with E-state index in [2.05, 4.69) is 0 Å². The van der Waals surface area contributed by atoms with Crippen molar-refractivity contribution in [2.75, 3.05) is 34.2 Å². The molecule has 0 aromatic heterocycles. The van der Waals surface area contributed by atoms with Crippen molar-refractivity contribution in [3.05, 3.63) is 76.9 Å². The Labute approximate surface area is 254 Å². The van der Waals surface area contributed by atoms with Crippen LogP contribution in [0, 0.1) is 5.92 Å². The Bertz CT molecular complexity index is 1410. The van der Waals surface area contributed by atoms with E-state index in [-0.39, 0.29) is 49.4 Å². The van der Waals surface area contributed by atoms with Crippen LogP contribution < -0.4 is 23.7 Å². The number of hydrogen-bond acceptors (Lipinski definition) is 8. The first-order valence-corrected chi connectivity index (χ1v) is 12.7. The molecule has 0 bridgehead atoms. The van der Waals surface area contributed by atoms with Gasteiger partial charge < -0.3 is 33.5 Å². The standard InChI is InChI=1S/C30H30O9.Na/c1-4-11-36-21-7-8-22-18(12-21)13-24(29(32)33)30(22,19-5-10-25-27(14-19)39-17-38-25)23-9-6-20(34-2)15-26(23)37-16-28(31)35-3;/h5-10,12,14-15,24H,4,11,13,16-17H2,1-3H3,(H,32,33);. The van der Waals surface area contributed by atoms with Gasteiger partial charge in [-0.2, -0.15) is 0 Å². The molecule has 2 unspecified atom stereocenters.